The van der Waals surface area contributed by atoms with Crippen molar-refractivity contribution in [1.82, 2.24) is 4.90 Å². The van der Waals surface area contributed by atoms with Gasteiger partial charge in [-0.2, -0.15) is 0 Å². The Morgan fingerprint density at radius 2 is 2.31 bits per heavy atom. The number of carboxylic acid groups (broad SMARTS) is 1. The first kappa shape index (κ1) is 13.5. The van der Waals surface area contributed by atoms with Crippen LogP contribution >= 0.6 is 0 Å². The summed E-state index contributed by atoms with van der Waals surface area (Å²) in [5, 5.41) is 8.83. The molecule has 4 heteroatoms. The van der Waals surface area contributed by atoms with Gasteiger partial charge >= 0.3 is 5.97 Å². The molecule has 0 aromatic rings. The number of aliphatic carboxylic acids is 1. The number of hydrogen-bond donors (Lipinski definition) is 1. The van der Waals surface area contributed by atoms with Crippen LogP contribution in [0.15, 0.2) is 0 Å². The van der Waals surface area contributed by atoms with E-state index in [1.807, 2.05) is 6.92 Å². The SMILES string of the molecule is CCN(C(C)CC(=O)O)C1CCOC(C)C1. The quantitative estimate of drug-likeness (QED) is 0.780. The zero-order valence-electron chi connectivity index (χ0n) is 10.5. The summed E-state index contributed by atoms with van der Waals surface area (Å²) in [6, 6.07) is 0.584. The van der Waals surface area contributed by atoms with E-state index < -0.39 is 5.97 Å². The van der Waals surface area contributed by atoms with Gasteiger partial charge in [0.05, 0.1) is 12.5 Å². The van der Waals surface area contributed by atoms with E-state index in [0.717, 1.165) is 26.0 Å². The van der Waals surface area contributed by atoms with Crippen LogP contribution in [-0.2, 0) is 9.53 Å². The third-order valence-electron chi connectivity index (χ3n) is 3.33. The Labute approximate surface area is 97.6 Å². The van der Waals surface area contributed by atoms with Crippen LogP contribution in [0.3, 0.4) is 0 Å². The van der Waals surface area contributed by atoms with Crippen LogP contribution < -0.4 is 0 Å². The molecule has 0 aromatic carbocycles. The van der Waals surface area contributed by atoms with Gasteiger partial charge in [-0.15, -0.1) is 0 Å². The second-order valence-electron chi connectivity index (χ2n) is 4.64. The van der Waals surface area contributed by atoms with Gasteiger partial charge in [-0.3, -0.25) is 9.69 Å². The maximum absolute atomic E-state index is 10.7. The van der Waals surface area contributed by atoms with Gasteiger partial charge in [0.25, 0.3) is 0 Å². The Morgan fingerprint density at radius 1 is 1.62 bits per heavy atom. The number of carbonyl (C=O) groups is 1. The fraction of sp³-hybridized carbons (Fsp3) is 0.917. The molecule has 1 aliphatic heterocycles. The highest BCUT2D eigenvalue weighted by Gasteiger charge is 2.28. The summed E-state index contributed by atoms with van der Waals surface area (Å²) in [7, 11) is 0. The van der Waals surface area contributed by atoms with E-state index in [0.29, 0.717) is 12.1 Å². The van der Waals surface area contributed by atoms with E-state index in [4.69, 9.17) is 9.84 Å². The summed E-state index contributed by atoms with van der Waals surface area (Å²) < 4.78 is 5.52. The Balaban J connectivity index is 2.54. The van der Waals surface area contributed by atoms with Crippen molar-refractivity contribution in [2.75, 3.05) is 13.2 Å². The molecule has 0 saturated carbocycles. The molecule has 0 bridgehead atoms. The first-order valence-electron chi connectivity index (χ1n) is 6.13. The predicted octanol–water partition coefficient (Wildman–Crippen LogP) is 1.74. The average Bonchev–Trinajstić information content (AvgIpc) is 2.17. The number of hydrogen-bond acceptors (Lipinski definition) is 3. The van der Waals surface area contributed by atoms with Gasteiger partial charge in [-0.25, -0.2) is 0 Å². The van der Waals surface area contributed by atoms with Crippen LogP contribution in [0, 0.1) is 0 Å². The Morgan fingerprint density at radius 3 is 2.81 bits per heavy atom. The summed E-state index contributed by atoms with van der Waals surface area (Å²) in [5.74, 6) is -0.717. The number of ether oxygens (including phenoxy) is 1. The first-order valence-corrected chi connectivity index (χ1v) is 6.13. The predicted molar refractivity (Wildman–Crippen MR) is 62.5 cm³/mol. The number of rotatable bonds is 5. The largest absolute Gasteiger partial charge is 0.481 e. The van der Waals surface area contributed by atoms with E-state index in [2.05, 4.69) is 18.7 Å². The summed E-state index contributed by atoms with van der Waals surface area (Å²) in [6.45, 7) is 7.88. The molecule has 0 spiro atoms. The highest BCUT2D eigenvalue weighted by molar-refractivity contribution is 5.67. The van der Waals surface area contributed by atoms with Crippen LogP contribution in [0.1, 0.15) is 40.0 Å². The maximum atomic E-state index is 10.7. The molecule has 16 heavy (non-hydrogen) atoms. The molecule has 3 unspecified atom stereocenters. The van der Waals surface area contributed by atoms with Crippen molar-refractivity contribution in [3.05, 3.63) is 0 Å². The third kappa shape index (κ3) is 3.76. The lowest BCUT2D eigenvalue weighted by Gasteiger charge is -2.39. The lowest BCUT2D eigenvalue weighted by molar-refractivity contribution is -0.138. The zero-order valence-corrected chi connectivity index (χ0v) is 10.5. The molecule has 0 radical (unpaired) electrons. The van der Waals surface area contributed by atoms with Crippen LogP contribution in [-0.4, -0.2) is 47.3 Å². The van der Waals surface area contributed by atoms with E-state index in [-0.39, 0.29) is 12.5 Å². The third-order valence-corrected chi connectivity index (χ3v) is 3.33. The lowest BCUT2D eigenvalue weighted by Crippen LogP contribution is -2.46. The molecule has 1 rings (SSSR count). The highest BCUT2D eigenvalue weighted by Crippen LogP contribution is 2.21. The van der Waals surface area contributed by atoms with E-state index in [1.54, 1.807) is 0 Å². The molecule has 1 fully saturated rings. The van der Waals surface area contributed by atoms with Crippen molar-refractivity contribution in [3.8, 4) is 0 Å². The molecule has 94 valence electrons. The van der Waals surface area contributed by atoms with Crippen molar-refractivity contribution in [3.63, 3.8) is 0 Å². The maximum Gasteiger partial charge on any atom is 0.304 e. The summed E-state index contributed by atoms with van der Waals surface area (Å²) >= 11 is 0. The van der Waals surface area contributed by atoms with Gasteiger partial charge in [-0.05, 0) is 33.2 Å². The standard InChI is InChI=1S/C12H23NO3/c1-4-13(9(2)7-12(14)15)11-5-6-16-10(3)8-11/h9-11H,4-8H2,1-3H3,(H,14,15). The Hall–Kier alpha value is -0.610. The van der Waals surface area contributed by atoms with Crippen LogP contribution in [0.4, 0.5) is 0 Å². The number of carboxylic acids is 1. The molecule has 1 saturated heterocycles. The van der Waals surface area contributed by atoms with Gasteiger partial charge in [0.1, 0.15) is 0 Å². The van der Waals surface area contributed by atoms with E-state index >= 15 is 0 Å². The van der Waals surface area contributed by atoms with Crippen molar-refractivity contribution < 1.29 is 14.6 Å². The number of nitrogens with zero attached hydrogens (tertiary/aromatic N) is 1. The summed E-state index contributed by atoms with van der Waals surface area (Å²) in [5.41, 5.74) is 0. The molecule has 3 atom stereocenters. The second-order valence-corrected chi connectivity index (χ2v) is 4.64. The van der Waals surface area contributed by atoms with Crippen LogP contribution in [0.2, 0.25) is 0 Å². The lowest BCUT2D eigenvalue weighted by atomic mass is 10.00. The second kappa shape index (κ2) is 6.21. The fourth-order valence-corrected chi connectivity index (χ4v) is 2.58. The minimum Gasteiger partial charge on any atom is -0.481 e. The van der Waals surface area contributed by atoms with Gasteiger partial charge in [0.2, 0.25) is 0 Å². The molecule has 0 aromatic heterocycles. The zero-order chi connectivity index (χ0) is 12.1. The van der Waals surface area contributed by atoms with Crippen LogP contribution in [0.25, 0.3) is 0 Å². The van der Waals surface area contributed by atoms with Crippen molar-refractivity contribution in [2.45, 2.75) is 58.2 Å². The highest BCUT2D eigenvalue weighted by atomic mass is 16.5. The van der Waals surface area contributed by atoms with Crippen molar-refractivity contribution in [2.24, 2.45) is 0 Å². The van der Waals surface area contributed by atoms with Crippen molar-refractivity contribution in [1.29, 1.82) is 0 Å². The minimum atomic E-state index is -0.717. The molecule has 1 aliphatic rings. The van der Waals surface area contributed by atoms with E-state index in [9.17, 15) is 4.79 Å². The average molecular weight is 229 g/mol. The minimum absolute atomic E-state index is 0.109. The van der Waals surface area contributed by atoms with Gasteiger partial charge in [-0.1, -0.05) is 6.92 Å². The normalized spacial score (nSPS) is 28.0. The molecular formula is C12H23NO3. The topological polar surface area (TPSA) is 49.8 Å². The molecule has 1 N–H and O–H groups in total. The molecule has 0 amide bonds. The van der Waals surface area contributed by atoms with Gasteiger partial charge in [0, 0.05) is 18.7 Å². The summed E-state index contributed by atoms with van der Waals surface area (Å²) in [4.78, 5) is 13.0. The first-order chi connectivity index (χ1) is 7.54. The Kier molecular flexibility index (Phi) is 5.22. The fourth-order valence-electron chi connectivity index (χ4n) is 2.58. The molecule has 0 aliphatic carbocycles. The molecular weight excluding hydrogens is 206 g/mol. The smallest absolute Gasteiger partial charge is 0.304 e. The van der Waals surface area contributed by atoms with Gasteiger partial charge < -0.3 is 9.84 Å². The monoisotopic (exact) mass is 229 g/mol. The molecule has 4 nitrogen and oxygen atoms in total. The molecule has 1 heterocycles. The van der Waals surface area contributed by atoms with E-state index in [1.165, 1.54) is 0 Å². The Bertz CT molecular complexity index is 232. The summed E-state index contributed by atoms with van der Waals surface area (Å²) in [6.07, 6.45) is 2.55. The van der Waals surface area contributed by atoms with Gasteiger partial charge in [0.15, 0.2) is 0 Å². The van der Waals surface area contributed by atoms with Crippen LogP contribution in [0.5, 0.6) is 0 Å². The van der Waals surface area contributed by atoms with Crippen molar-refractivity contribution >= 4 is 5.97 Å².